The Balaban J connectivity index is 1.65. The lowest BCUT2D eigenvalue weighted by molar-refractivity contribution is 0.381. The summed E-state index contributed by atoms with van der Waals surface area (Å²) >= 11 is 4.14. The van der Waals surface area contributed by atoms with Gasteiger partial charge in [-0.15, -0.1) is 23.5 Å². The van der Waals surface area contributed by atoms with Gasteiger partial charge >= 0.3 is 0 Å². The Morgan fingerprint density at radius 1 is 1.07 bits per heavy atom. The van der Waals surface area contributed by atoms with E-state index in [1.165, 1.54) is 33.9 Å². The normalized spacial score (nSPS) is 21.3. The number of rotatable bonds is 6. The second kappa shape index (κ2) is 9.27. The summed E-state index contributed by atoms with van der Waals surface area (Å²) in [5, 5.41) is 0. The van der Waals surface area contributed by atoms with Crippen molar-refractivity contribution in [1.29, 1.82) is 0 Å². The van der Waals surface area contributed by atoms with Gasteiger partial charge in [0.15, 0.2) is 0 Å². The monoisotopic (exact) mass is 441 g/mol. The first-order valence-electron chi connectivity index (χ1n) is 10.7. The van der Waals surface area contributed by atoms with Gasteiger partial charge in [-0.25, -0.2) is 0 Å². The molecule has 5 heteroatoms. The lowest BCUT2D eigenvalue weighted by Gasteiger charge is -2.40. The standard InChI is InChI=1S/C25H31NO2S2/c1-17(14-19-8-6-5-7-9-19)26-18(2)20-15-21-22(27-3)10-11-23(28-4)24(21)25(16-20)29-12-13-30-25/h5-11,17,20H,12-16H2,1-4H3. The van der Waals surface area contributed by atoms with Crippen LogP contribution < -0.4 is 9.47 Å². The van der Waals surface area contributed by atoms with E-state index in [-0.39, 0.29) is 10.1 Å². The van der Waals surface area contributed by atoms with Crippen molar-refractivity contribution in [2.24, 2.45) is 10.9 Å². The molecule has 0 aromatic heterocycles. The molecule has 1 fully saturated rings. The fourth-order valence-electron chi connectivity index (χ4n) is 4.80. The second-order valence-corrected chi connectivity index (χ2v) is 11.2. The Hall–Kier alpha value is -1.59. The predicted octanol–water partition coefficient (Wildman–Crippen LogP) is 5.99. The largest absolute Gasteiger partial charge is 0.496 e. The highest BCUT2D eigenvalue weighted by Crippen LogP contribution is 2.62. The minimum Gasteiger partial charge on any atom is -0.496 e. The highest BCUT2D eigenvalue weighted by atomic mass is 32.2. The zero-order chi connectivity index (χ0) is 21.1. The molecule has 2 aromatic rings. The molecule has 1 aliphatic carbocycles. The number of thioether (sulfide) groups is 2. The van der Waals surface area contributed by atoms with Gasteiger partial charge in [0.2, 0.25) is 0 Å². The molecule has 0 radical (unpaired) electrons. The van der Waals surface area contributed by atoms with E-state index in [0.29, 0.717) is 5.92 Å². The van der Waals surface area contributed by atoms with Crippen LogP contribution in [0.25, 0.3) is 0 Å². The van der Waals surface area contributed by atoms with Gasteiger partial charge in [-0.05, 0) is 50.8 Å². The molecule has 4 rings (SSSR count). The Morgan fingerprint density at radius 2 is 1.73 bits per heavy atom. The molecule has 0 N–H and O–H groups in total. The van der Waals surface area contributed by atoms with Crippen LogP contribution in [0.1, 0.15) is 37.0 Å². The molecule has 2 atom stereocenters. The Morgan fingerprint density at radius 3 is 2.40 bits per heavy atom. The summed E-state index contributed by atoms with van der Waals surface area (Å²) in [4.78, 5) is 5.15. The molecule has 2 unspecified atom stereocenters. The number of hydrogen-bond acceptors (Lipinski definition) is 5. The van der Waals surface area contributed by atoms with Crippen LogP contribution in [0.5, 0.6) is 11.5 Å². The average molecular weight is 442 g/mol. The third-order valence-corrected chi connectivity index (χ3v) is 9.62. The number of methoxy groups -OCH3 is 2. The summed E-state index contributed by atoms with van der Waals surface area (Å²) in [5.41, 5.74) is 5.26. The summed E-state index contributed by atoms with van der Waals surface area (Å²) in [6, 6.07) is 15.1. The number of nitrogens with zero attached hydrogens (tertiary/aromatic N) is 1. The Bertz CT molecular complexity index is 907. The van der Waals surface area contributed by atoms with E-state index in [1.807, 2.05) is 0 Å². The quantitative estimate of drug-likeness (QED) is 0.515. The maximum Gasteiger partial charge on any atom is 0.124 e. The highest BCUT2D eigenvalue weighted by Gasteiger charge is 2.47. The first kappa shape index (κ1) is 21.6. The third kappa shape index (κ3) is 4.24. The predicted molar refractivity (Wildman–Crippen MR) is 131 cm³/mol. The van der Waals surface area contributed by atoms with Crippen LogP contribution >= 0.6 is 23.5 Å². The molecule has 2 aromatic carbocycles. The third-order valence-electron chi connectivity index (χ3n) is 6.16. The topological polar surface area (TPSA) is 30.8 Å². The highest BCUT2D eigenvalue weighted by molar-refractivity contribution is 8.20. The second-order valence-electron chi connectivity index (χ2n) is 8.19. The minimum atomic E-state index is 0.0393. The van der Waals surface area contributed by atoms with Crippen LogP contribution in [-0.4, -0.2) is 37.5 Å². The smallest absolute Gasteiger partial charge is 0.124 e. The van der Waals surface area contributed by atoms with E-state index in [9.17, 15) is 0 Å². The molecule has 1 heterocycles. The van der Waals surface area contributed by atoms with Crippen molar-refractivity contribution in [3.8, 4) is 11.5 Å². The van der Waals surface area contributed by atoms with Crippen LogP contribution in [-0.2, 0) is 16.9 Å². The SMILES string of the molecule is COc1ccc(OC)c2c1CC(C(C)=NC(C)Cc1ccccc1)CC21SCCS1. The maximum atomic E-state index is 5.81. The van der Waals surface area contributed by atoms with Crippen molar-refractivity contribution in [3.63, 3.8) is 0 Å². The van der Waals surface area contributed by atoms with Gasteiger partial charge in [-0.2, -0.15) is 0 Å². The molecular weight excluding hydrogens is 410 g/mol. The van der Waals surface area contributed by atoms with Gasteiger partial charge in [0, 0.05) is 34.3 Å². The van der Waals surface area contributed by atoms with Crippen molar-refractivity contribution in [1.82, 2.24) is 0 Å². The molecular formula is C25H31NO2S2. The van der Waals surface area contributed by atoms with E-state index in [1.54, 1.807) is 14.2 Å². The molecule has 1 saturated heterocycles. The lowest BCUT2D eigenvalue weighted by Crippen LogP contribution is -2.33. The first-order valence-corrected chi connectivity index (χ1v) is 12.6. The molecule has 0 saturated carbocycles. The minimum absolute atomic E-state index is 0.0393. The number of aliphatic imine (C=N–C) groups is 1. The van der Waals surface area contributed by atoms with Crippen molar-refractivity contribution in [2.75, 3.05) is 25.7 Å². The molecule has 0 amide bonds. The maximum absolute atomic E-state index is 5.81. The summed E-state index contributed by atoms with van der Waals surface area (Å²) in [7, 11) is 3.56. The van der Waals surface area contributed by atoms with Crippen molar-refractivity contribution < 1.29 is 9.47 Å². The van der Waals surface area contributed by atoms with Crippen LogP contribution in [0.2, 0.25) is 0 Å². The summed E-state index contributed by atoms with van der Waals surface area (Å²) in [6.45, 7) is 4.45. The van der Waals surface area contributed by atoms with Gasteiger partial charge in [0.05, 0.1) is 24.3 Å². The van der Waals surface area contributed by atoms with Gasteiger partial charge in [0.25, 0.3) is 0 Å². The van der Waals surface area contributed by atoms with Gasteiger partial charge in [-0.3, -0.25) is 4.99 Å². The molecule has 160 valence electrons. The number of benzene rings is 2. The van der Waals surface area contributed by atoms with Crippen molar-refractivity contribution in [2.45, 2.75) is 43.2 Å². The van der Waals surface area contributed by atoms with E-state index < -0.39 is 0 Å². The fourth-order valence-corrected chi connectivity index (χ4v) is 8.33. The molecule has 2 aliphatic rings. The summed E-state index contributed by atoms with van der Waals surface area (Å²) in [6.07, 6.45) is 3.05. The van der Waals surface area contributed by atoms with E-state index in [4.69, 9.17) is 14.5 Å². The molecule has 1 aliphatic heterocycles. The zero-order valence-corrected chi connectivity index (χ0v) is 19.9. The lowest BCUT2D eigenvalue weighted by atomic mass is 9.79. The van der Waals surface area contributed by atoms with Gasteiger partial charge in [0.1, 0.15) is 11.5 Å². The van der Waals surface area contributed by atoms with Crippen molar-refractivity contribution in [3.05, 3.63) is 59.2 Å². The average Bonchev–Trinajstić information content (AvgIpc) is 3.21. The van der Waals surface area contributed by atoms with Gasteiger partial charge in [-0.1, -0.05) is 30.3 Å². The summed E-state index contributed by atoms with van der Waals surface area (Å²) < 4.78 is 11.6. The van der Waals surface area contributed by atoms with E-state index >= 15 is 0 Å². The first-order chi connectivity index (χ1) is 14.6. The number of fused-ring (bicyclic) bond motifs is 2. The van der Waals surface area contributed by atoms with Crippen LogP contribution in [0.3, 0.4) is 0 Å². The van der Waals surface area contributed by atoms with Gasteiger partial charge < -0.3 is 9.47 Å². The number of hydrogen-bond donors (Lipinski definition) is 0. The molecule has 3 nitrogen and oxygen atoms in total. The zero-order valence-electron chi connectivity index (χ0n) is 18.3. The molecule has 1 spiro atoms. The van der Waals surface area contributed by atoms with Crippen molar-refractivity contribution >= 4 is 29.2 Å². The fraction of sp³-hybridized carbons (Fsp3) is 0.480. The Labute approximate surface area is 189 Å². The molecule has 0 bridgehead atoms. The molecule has 30 heavy (non-hydrogen) atoms. The summed E-state index contributed by atoms with van der Waals surface area (Å²) in [5.74, 6) is 4.76. The number of ether oxygens (including phenoxy) is 2. The van der Waals surface area contributed by atoms with E-state index in [0.717, 1.165) is 30.8 Å². The van der Waals surface area contributed by atoms with Crippen LogP contribution in [0.4, 0.5) is 0 Å². The Kier molecular flexibility index (Phi) is 6.69. The van der Waals surface area contributed by atoms with Crippen LogP contribution in [0.15, 0.2) is 47.5 Å². The van der Waals surface area contributed by atoms with Crippen LogP contribution in [0, 0.1) is 5.92 Å². The van der Waals surface area contributed by atoms with E-state index in [2.05, 4.69) is 79.8 Å².